The van der Waals surface area contributed by atoms with Crippen LogP contribution in [-0.2, 0) is 16.9 Å². The highest BCUT2D eigenvalue weighted by Crippen LogP contribution is 2.42. The van der Waals surface area contributed by atoms with Crippen LogP contribution in [0.5, 0.6) is 0 Å². The molecule has 92 valence electrons. The molecule has 0 amide bonds. The van der Waals surface area contributed by atoms with E-state index in [9.17, 15) is 0 Å². The van der Waals surface area contributed by atoms with Gasteiger partial charge in [0.05, 0.1) is 0 Å². The number of nitrogens with zero attached hydrogens (tertiary/aromatic N) is 2. The van der Waals surface area contributed by atoms with Gasteiger partial charge in [-0.2, -0.15) is 0 Å². The fourth-order valence-corrected chi connectivity index (χ4v) is 2.25. The van der Waals surface area contributed by atoms with Gasteiger partial charge in [-0.1, -0.05) is 0 Å². The first-order valence-electron chi connectivity index (χ1n) is 6.42. The zero-order valence-electron chi connectivity index (χ0n) is 10.3. The Bertz CT molecular complexity index is 377. The number of hydrogen-bond acceptors (Lipinski definition) is 4. The van der Waals surface area contributed by atoms with E-state index in [4.69, 9.17) is 4.74 Å². The summed E-state index contributed by atoms with van der Waals surface area (Å²) < 4.78 is 5.57. The van der Waals surface area contributed by atoms with Crippen molar-refractivity contribution in [3.8, 4) is 0 Å². The van der Waals surface area contributed by atoms with E-state index in [0.29, 0.717) is 0 Å². The quantitative estimate of drug-likeness (QED) is 0.841. The van der Waals surface area contributed by atoms with Gasteiger partial charge in [0.15, 0.2) is 5.82 Å². The molecule has 4 heteroatoms. The average molecular weight is 233 g/mol. The van der Waals surface area contributed by atoms with Crippen molar-refractivity contribution in [3.05, 3.63) is 23.8 Å². The summed E-state index contributed by atoms with van der Waals surface area (Å²) in [6, 6.07) is 0.728. The lowest BCUT2D eigenvalue weighted by atomic mass is 9.79. The lowest BCUT2D eigenvalue weighted by Gasteiger charge is -2.38. The minimum absolute atomic E-state index is 0.192. The Balaban J connectivity index is 1.66. The molecular weight excluding hydrogens is 214 g/mol. The van der Waals surface area contributed by atoms with Gasteiger partial charge in [0.2, 0.25) is 0 Å². The number of hydrogen-bond donors (Lipinski definition) is 1. The van der Waals surface area contributed by atoms with Gasteiger partial charge in [0.25, 0.3) is 0 Å². The Labute approximate surface area is 102 Å². The molecule has 4 nitrogen and oxygen atoms in total. The first kappa shape index (κ1) is 11.1. The van der Waals surface area contributed by atoms with Crippen molar-refractivity contribution in [2.75, 3.05) is 7.11 Å². The molecule has 0 atom stereocenters. The van der Waals surface area contributed by atoms with Crippen molar-refractivity contribution in [3.63, 3.8) is 0 Å². The molecule has 17 heavy (non-hydrogen) atoms. The van der Waals surface area contributed by atoms with Gasteiger partial charge in [-0.3, -0.25) is 0 Å². The Kier molecular flexibility index (Phi) is 2.84. The standard InChI is InChI=1S/C13H19N3O/c1-17-13(5-2-6-13)12-15-8-10(9-16-12)7-14-11-3-4-11/h8-9,11,14H,2-7H2,1H3. The van der Waals surface area contributed by atoms with Gasteiger partial charge >= 0.3 is 0 Å². The van der Waals surface area contributed by atoms with E-state index in [1.165, 1.54) is 19.3 Å². The molecule has 1 aromatic heterocycles. The van der Waals surface area contributed by atoms with Crippen LogP contribution in [0.25, 0.3) is 0 Å². The fourth-order valence-electron chi connectivity index (χ4n) is 2.25. The first-order valence-corrected chi connectivity index (χ1v) is 6.42. The van der Waals surface area contributed by atoms with E-state index >= 15 is 0 Å². The lowest BCUT2D eigenvalue weighted by Crippen LogP contribution is -2.38. The third-order valence-electron chi connectivity index (χ3n) is 3.84. The number of aromatic nitrogens is 2. The monoisotopic (exact) mass is 233 g/mol. The van der Waals surface area contributed by atoms with Crippen LogP contribution < -0.4 is 5.32 Å². The highest BCUT2D eigenvalue weighted by Gasteiger charge is 2.41. The maximum absolute atomic E-state index is 5.57. The molecule has 0 bridgehead atoms. The summed E-state index contributed by atoms with van der Waals surface area (Å²) in [5, 5.41) is 3.46. The van der Waals surface area contributed by atoms with Crippen molar-refractivity contribution in [1.82, 2.24) is 15.3 Å². The molecule has 2 fully saturated rings. The lowest BCUT2D eigenvalue weighted by molar-refractivity contribution is -0.0847. The van der Waals surface area contributed by atoms with Gasteiger partial charge in [-0.25, -0.2) is 9.97 Å². The molecule has 0 aliphatic heterocycles. The van der Waals surface area contributed by atoms with Crippen LogP contribution in [0, 0.1) is 0 Å². The molecule has 1 heterocycles. The molecule has 1 N–H and O–H groups in total. The van der Waals surface area contributed by atoms with E-state index in [1.54, 1.807) is 7.11 Å². The smallest absolute Gasteiger partial charge is 0.160 e. The minimum Gasteiger partial charge on any atom is -0.370 e. The van der Waals surface area contributed by atoms with E-state index in [-0.39, 0.29) is 5.60 Å². The Morgan fingerprint density at radius 1 is 1.35 bits per heavy atom. The fraction of sp³-hybridized carbons (Fsp3) is 0.692. The molecule has 0 unspecified atom stereocenters. The Hall–Kier alpha value is -1.00. The molecule has 2 aliphatic rings. The molecule has 1 aromatic rings. The summed E-state index contributed by atoms with van der Waals surface area (Å²) in [6.07, 6.45) is 9.78. The van der Waals surface area contributed by atoms with Gasteiger partial charge in [-0.05, 0) is 32.1 Å². The van der Waals surface area contributed by atoms with Gasteiger partial charge in [-0.15, -0.1) is 0 Å². The highest BCUT2D eigenvalue weighted by atomic mass is 16.5. The molecule has 3 rings (SSSR count). The first-order chi connectivity index (χ1) is 8.32. The summed E-state index contributed by atoms with van der Waals surface area (Å²) in [6.45, 7) is 0.880. The summed E-state index contributed by atoms with van der Waals surface area (Å²) >= 11 is 0. The predicted molar refractivity (Wildman–Crippen MR) is 64.4 cm³/mol. The molecule has 2 aliphatic carbocycles. The van der Waals surface area contributed by atoms with E-state index in [2.05, 4.69) is 15.3 Å². The number of methoxy groups -OCH3 is 1. The van der Waals surface area contributed by atoms with E-state index < -0.39 is 0 Å². The number of nitrogens with one attached hydrogen (secondary N) is 1. The second-order valence-electron chi connectivity index (χ2n) is 5.12. The third-order valence-corrected chi connectivity index (χ3v) is 3.84. The second kappa shape index (κ2) is 4.35. The summed E-state index contributed by atoms with van der Waals surface area (Å²) in [7, 11) is 1.76. The zero-order valence-corrected chi connectivity index (χ0v) is 10.3. The van der Waals surface area contributed by atoms with Crippen molar-refractivity contribution in [2.45, 2.75) is 50.3 Å². The Morgan fingerprint density at radius 2 is 2.06 bits per heavy atom. The molecule has 0 saturated heterocycles. The van der Waals surface area contributed by atoms with Gasteiger partial charge < -0.3 is 10.1 Å². The van der Waals surface area contributed by atoms with Crippen LogP contribution in [0.4, 0.5) is 0 Å². The average Bonchev–Trinajstić information content (AvgIpc) is 3.11. The SMILES string of the molecule is COC1(c2ncc(CNC3CC3)cn2)CCC1. The zero-order chi connectivity index (χ0) is 11.7. The molecular formula is C13H19N3O. The second-order valence-corrected chi connectivity index (χ2v) is 5.12. The predicted octanol–water partition coefficient (Wildman–Crippen LogP) is 1.75. The molecule has 2 saturated carbocycles. The maximum Gasteiger partial charge on any atom is 0.160 e. The van der Waals surface area contributed by atoms with Crippen LogP contribution >= 0.6 is 0 Å². The summed E-state index contributed by atoms with van der Waals surface area (Å²) in [5.74, 6) is 0.849. The number of rotatable bonds is 5. The molecule has 0 aromatic carbocycles. The van der Waals surface area contributed by atoms with Crippen molar-refractivity contribution in [2.24, 2.45) is 0 Å². The largest absolute Gasteiger partial charge is 0.370 e. The minimum atomic E-state index is -0.192. The van der Waals surface area contributed by atoms with Crippen LogP contribution in [0.15, 0.2) is 12.4 Å². The third kappa shape index (κ3) is 2.19. The van der Waals surface area contributed by atoms with E-state index in [1.807, 2.05) is 12.4 Å². The topological polar surface area (TPSA) is 47.0 Å². The van der Waals surface area contributed by atoms with Crippen molar-refractivity contribution in [1.29, 1.82) is 0 Å². The van der Waals surface area contributed by atoms with Crippen LogP contribution in [0.1, 0.15) is 43.5 Å². The van der Waals surface area contributed by atoms with Crippen molar-refractivity contribution < 1.29 is 4.74 Å². The van der Waals surface area contributed by atoms with Crippen molar-refractivity contribution >= 4 is 0 Å². The summed E-state index contributed by atoms with van der Waals surface area (Å²) in [4.78, 5) is 8.93. The van der Waals surface area contributed by atoms with Crippen LogP contribution in [0.3, 0.4) is 0 Å². The summed E-state index contributed by atoms with van der Waals surface area (Å²) in [5.41, 5.74) is 0.967. The number of ether oxygens (including phenoxy) is 1. The highest BCUT2D eigenvalue weighted by molar-refractivity contribution is 5.12. The van der Waals surface area contributed by atoms with Gasteiger partial charge in [0, 0.05) is 37.7 Å². The normalized spacial score (nSPS) is 22.2. The maximum atomic E-state index is 5.57. The van der Waals surface area contributed by atoms with Crippen LogP contribution in [-0.4, -0.2) is 23.1 Å². The van der Waals surface area contributed by atoms with Gasteiger partial charge in [0.1, 0.15) is 5.60 Å². The van der Waals surface area contributed by atoms with Crippen LogP contribution in [0.2, 0.25) is 0 Å². The Morgan fingerprint density at radius 3 is 2.53 bits per heavy atom. The van der Waals surface area contributed by atoms with E-state index in [0.717, 1.165) is 36.8 Å². The molecule has 0 spiro atoms. The molecule has 0 radical (unpaired) electrons.